The van der Waals surface area contributed by atoms with Crippen molar-refractivity contribution >= 4 is 21.7 Å². The number of amides is 1. The maximum absolute atomic E-state index is 13.2. The van der Waals surface area contributed by atoms with Gasteiger partial charge in [0.15, 0.2) is 11.6 Å². The number of pyridine rings is 1. The van der Waals surface area contributed by atoms with Gasteiger partial charge in [-0.15, -0.1) is 0 Å². The van der Waals surface area contributed by atoms with E-state index in [9.17, 15) is 13.2 Å². The maximum atomic E-state index is 13.2. The quantitative estimate of drug-likeness (QED) is 0.665. The monoisotopic (exact) mass is 413 g/mol. The van der Waals surface area contributed by atoms with Crippen molar-refractivity contribution < 1.29 is 22.4 Å². The first-order valence-electron chi connectivity index (χ1n) is 9.10. The second-order valence-electron chi connectivity index (χ2n) is 6.45. The van der Waals surface area contributed by atoms with Gasteiger partial charge in [-0.05, 0) is 48.9 Å². The van der Waals surface area contributed by atoms with Gasteiger partial charge in [0.25, 0.3) is 5.91 Å². The van der Waals surface area contributed by atoms with E-state index in [1.807, 2.05) is 6.92 Å². The molecular weight excluding hydrogens is 394 g/mol. The summed E-state index contributed by atoms with van der Waals surface area (Å²) in [6, 6.07) is 11.0. The highest BCUT2D eigenvalue weighted by Gasteiger charge is 2.30. The lowest BCUT2D eigenvalue weighted by Gasteiger charge is -2.19. The SMILES string of the molecule is CCCN1C(=O)c2cc(S(=O)(=O)NCc3ccco3)ccc2Oc2cccnc21. The van der Waals surface area contributed by atoms with Gasteiger partial charge in [0.05, 0.1) is 23.3 Å². The topological polar surface area (TPSA) is 102 Å². The summed E-state index contributed by atoms with van der Waals surface area (Å²) < 4.78 is 38.9. The van der Waals surface area contributed by atoms with Gasteiger partial charge in [-0.2, -0.15) is 0 Å². The summed E-state index contributed by atoms with van der Waals surface area (Å²) in [6.07, 6.45) is 3.76. The lowest BCUT2D eigenvalue weighted by Crippen LogP contribution is -2.32. The fourth-order valence-electron chi connectivity index (χ4n) is 3.05. The summed E-state index contributed by atoms with van der Waals surface area (Å²) in [5.74, 6) is 1.27. The van der Waals surface area contributed by atoms with Crippen molar-refractivity contribution in [2.24, 2.45) is 0 Å². The van der Waals surface area contributed by atoms with Crippen LogP contribution in [0.15, 0.2) is 64.2 Å². The zero-order valence-electron chi connectivity index (χ0n) is 15.7. The Balaban J connectivity index is 1.70. The van der Waals surface area contributed by atoms with Crippen LogP contribution in [0.3, 0.4) is 0 Å². The van der Waals surface area contributed by atoms with Crippen LogP contribution in [0.1, 0.15) is 29.5 Å². The number of nitrogens with zero attached hydrogens (tertiary/aromatic N) is 2. The maximum Gasteiger partial charge on any atom is 0.263 e. The van der Waals surface area contributed by atoms with Gasteiger partial charge >= 0.3 is 0 Å². The minimum atomic E-state index is -3.85. The van der Waals surface area contributed by atoms with Crippen LogP contribution in [-0.4, -0.2) is 25.9 Å². The zero-order chi connectivity index (χ0) is 20.4. The number of carbonyl (C=O) groups excluding carboxylic acids is 1. The summed E-state index contributed by atoms with van der Waals surface area (Å²) in [4.78, 5) is 18.9. The molecule has 0 aliphatic carbocycles. The number of sulfonamides is 1. The number of ether oxygens (including phenoxy) is 1. The van der Waals surface area contributed by atoms with Crippen molar-refractivity contribution in [1.82, 2.24) is 9.71 Å². The number of anilines is 1. The van der Waals surface area contributed by atoms with Gasteiger partial charge < -0.3 is 9.15 Å². The molecule has 0 spiro atoms. The molecule has 0 saturated heterocycles. The van der Waals surface area contributed by atoms with Crippen LogP contribution in [0.2, 0.25) is 0 Å². The Morgan fingerprint density at radius 2 is 2.00 bits per heavy atom. The smallest absolute Gasteiger partial charge is 0.263 e. The number of nitrogens with one attached hydrogen (secondary N) is 1. The molecule has 1 aromatic carbocycles. The van der Waals surface area contributed by atoms with E-state index in [1.165, 1.54) is 29.4 Å². The number of aromatic nitrogens is 1. The first-order valence-corrected chi connectivity index (χ1v) is 10.6. The molecule has 0 unspecified atom stereocenters. The summed E-state index contributed by atoms with van der Waals surface area (Å²) >= 11 is 0. The van der Waals surface area contributed by atoms with Crippen LogP contribution in [0.5, 0.6) is 11.5 Å². The van der Waals surface area contributed by atoms with Crippen LogP contribution in [0.4, 0.5) is 5.82 Å². The minimum absolute atomic E-state index is 0.00812. The van der Waals surface area contributed by atoms with Gasteiger partial charge in [-0.3, -0.25) is 9.69 Å². The zero-order valence-corrected chi connectivity index (χ0v) is 16.5. The van der Waals surface area contributed by atoms with Gasteiger partial charge in [0.2, 0.25) is 10.0 Å². The van der Waals surface area contributed by atoms with Crippen molar-refractivity contribution in [2.45, 2.75) is 24.8 Å². The van der Waals surface area contributed by atoms with Crippen molar-refractivity contribution in [2.75, 3.05) is 11.4 Å². The molecule has 29 heavy (non-hydrogen) atoms. The Bertz CT molecular complexity index is 1140. The molecule has 0 atom stereocenters. The van der Waals surface area contributed by atoms with E-state index in [0.717, 1.165) is 0 Å². The van der Waals surface area contributed by atoms with Gasteiger partial charge in [0, 0.05) is 12.7 Å². The molecular formula is C20H19N3O5S. The van der Waals surface area contributed by atoms with Crippen LogP contribution in [-0.2, 0) is 16.6 Å². The molecule has 8 nitrogen and oxygen atoms in total. The molecule has 4 rings (SSSR count). The van der Waals surface area contributed by atoms with Crippen molar-refractivity contribution in [3.63, 3.8) is 0 Å². The molecule has 1 aliphatic heterocycles. The Hall–Kier alpha value is -3.17. The second-order valence-corrected chi connectivity index (χ2v) is 8.21. The average molecular weight is 413 g/mol. The van der Waals surface area contributed by atoms with E-state index in [4.69, 9.17) is 9.15 Å². The number of benzene rings is 1. The molecule has 1 N–H and O–H groups in total. The number of fused-ring (bicyclic) bond motifs is 2. The number of carbonyl (C=O) groups is 1. The third-order valence-electron chi connectivity index (χ3n) is 4.43. The molecule has 0 fully saturated rings. The number of hydrogen-bond donors (Lipinski definition) is 1. The normalized spacial score (nSPS) is 13.4. The predicted octanol–water partition coefficient (Wildman–Crippen LogP) is 3.32. The molecule has 0 saturated carbocycles. The first-order chi connectivity index (χ1) is 14.0. The summed E-state index contributed by atoms with van der Waals surface area (Å²) in [7, 11) is -3.85. The fraction of sp³-hybridized carbons (Fsp3) is 0.200. The highest BCUT2D eigenvalue weighted by molar-refractivity contribution is 7.89. The lowest BCUT2D eigenvalue weighted by atomic mass is 10.1. The Morgan fingerprint density at radius 1 is 1.14 bits per heavy atom. The second kappa shape index (κ2) is 7.69. The van der Waals surface area contributed by atoms with E-state index in [-0.39, 0.29) is 28.7 Å². The van der Waals surface area contributed by atoms with Crippen molar-refractivity contribution in [1.29, 1.82) is 0 Å². The largest absolute Gasteiger partial charge is 0.468 e. The molecule has 3 heterocycles. The molecule has 1 amide bonds. The van der Waals surface area contributed by atoms with E-state index in [1.54, 1.807) is 30.5 Å². The summed E-state index contributed by atoms with van der Waals surface area (Å²) in [6.45, 7) is 2.38. The van der Waals surface area contributed by atoms with Crippen LogP contribution >= 0.6 is 0 Å². The molecule has 1 aliphatic rings. The summed E-state index contributed by atoms with van der Waals surface area (Å²) in [5, 5.41) is 0. The molecule has 2 aromatic heterocycles. The first kappa shape index (κ1) is 19.2. The number of furan rings is 1. The molecule has 0 bridgehead atoms. The van der Waals surface area contributed by atoms with E-state index < -0.39 is 10.0 Å². The van der Waals surface area contributed by atoms with E-state index in [2.05, 4.69) is 9.71 Å². The van der Waals surface area contributed by atoms with Crippen LogP contribution in [0.25, 0.3) is 0 Å². The lowest BCUT2D eigenvalue weighted by molar-refractivity contribution is 0.0986. The predicted molar refractivity (Wildman–Crippen MR) is 105 cm³/mol. The molecule has 3 aromatic rings. The highest BCUT2D eigenvalue weighted by atomic mass is 32.2. The fourth-order valence-corrected chi connectivity index (χ4v) is 4.07. The highest BCUT2D eigenvalue weighted by Crippen LogP contribution is 2.38. The van der Waals surface area contributed by atoms with E-state index >= 15 is 0 Å². The third kappa shape index (κ3) is 3.74. The van der Waals surface area contributed by atoms with Crippen molar-refractivity contribution in [3.05, 3.63) is 66.2 Å². The number of hydrogen-bond acceptors (Lipinski definition) is 6. The molecule has 9 heteroatoms. The number of rotatable bonds is 6. The summed E-state index contributed by atoms with van der Waals surface area (Å²) in [5.41, 5.74) is 0.164. The Labute approximate surface area is 168 Å². The Kier molecular flexibility index (Phi) is 5.08. The van der Waals surface area contributed by atoms with Crippen LogP contribution in [0, 0.1) is 0 Å². The van der Waals surface area contributed by atoms with Gasteiger partial charge in [0.1, 0.15) is 11.5 Å². The standard InChI is InChI=1S/C20H19N3O5S/c1-2-10-23-19-18(6-3-9-21-19)28-17-8-7-15(12-16(17)20(23)24)29(25,26)22-13-14-5-4-11-27-14/h3-9,11-12,22H,2,10,13H2,1H3. The minimum Gasteiger partial charge on any atom is -0.468 e. The van der Waals surface area contributed by atoms with Crippen LogP contribution < -0.4 is 14.4 Å². The average Bonchev–Trinajstić information content (AvgIpc) is 3.21. The van der Waals surface area contributed by atoms with Gasteiger partial charge in [-0.25, -0.2) is 18.1 Å². The van der Waals surface area contributed by atoms with Crippen molar-refractivity contribution in [3.8, 4) is 11.5 Å². The Morgan fingerprint density at radius 3 is 2.76 bits per heavy atom. The van der Waals surface area contributed by atoms with E-state index in [0.29, 0.717) is 30.3 Å². The van der Waals surface area contributed by atoms with Gasteiger partial charge in [-0.1, -0.05) is 6.92 Å². The molecule has 0 radical (unpaired) electrons. The molecule has 150 valence electrons. The third-order valence-corrected chi connectivity index (χ3v) is 5.83.